The third-order valence-electron chi connectivity index (χ3n) is 5.62. The standard InChI is InChI=1S/C23H29Cl2NO/c1-22(2)17-23(12-14-27-22,15-19-5-3-4-6-21(19)25)11-13-26-16-18-7-9-20(24)10-8-18/h3-10,26H,11-17H2,1-2H3/p+1/t23-/m1/s1. The van der Waals surface area contributed by atoms with Crippen molar-refractivity contribution >= 4 is 23.2 Å². The maximum absolute atomic E-state index is 6.48. The summed E-state index contributed by atoms with van der Waals surface area (Å²) < 4.78 is 6.02. The summed E-state index contributed by atoms with van der Waals surface area (Å²) in [4.78, 5) is 0. The van der Waals surface area contributed by atoms with Gasteiger partial charge in [0.1, 0.15) is 6.54 Å². The molecule has 0 aliphatic carbocycles. The van der Waals surface area contributed by atoms with Gasteiger partial charge in [-0.2, -0.15) is 0 Å². The second-order valence-corrected chi connectivity index (χ2v) is 9.30. The van der Waals surface area contributed by atoms with E-state index in [9.17, 15) is 0 Å². The molecule has 2 aromatic carbocycles. The lowest BCUT2D eigenvalue weighted by molar-refractivity contribution is -0.672. The second kappa shape index (κ2) is 8.96. The molecule has 3 rings (SSSR count). The molecule has 1 atom stereocenters. The number of ether oxygens (including phenoxy) is 1. The Bertz CT molecular complexity index is 744. The Kier molecular flexibility index (Phi) is 6.86. The molecule has 1 aliphatic heterocycles. The normalized spacial score (nSPS) is 21.9. The van der Waals surface area contributed by atoms with E-state index in [4.69, 9.17) is 27.9 Å². The van der Waals surface area contributed by atoms with Crippen LogP contribution in [0.2, 0.25) is 10.0 Å². The lowest BCUT2D eigenvalue weighted by Gasteiger charge is -2.45. The second-order valence-electron chi connectivity index (χ2n) is 8.46. The van der Waals surface area contributed by atoms with Gasteiger partial charge in [-0.1, -0.05) is 53.5 Å². The van der Waals surface area contributed by atoms with E-state index in [1.807, 2.05) is 24.3 Å². The predicted molar refractivity (Wildman–Crippen MR) is 113 cm³/mol. The Morgan fingerprint density at radius 1 is 1.04 bits per heavy atom. The molecule has 1 heterocycles. The summed E-state index contributed by atoms with van der Waals surface area (Å²) in [5.41, 5.74) is 2.74. The molecule has 4 heteroatoms. The molecule has 0 bridgehead atoms. The minimum atomic E-state index is -0.0737. The summed E-state index contributed by atoms with van der Waals surface area (Å²) in [5.74, 6) is 0. The SMILES string of the molecule is CC1(C)C[C@@](CC[NH2+]Cc2ccc(Cl)cc2)(Cc2ccccc2Cl)CCO1. The Hall–Kier alpha value is -1.06. The first-order valence-electron chi connectivity index (χ1n) is 9.81. The summed E-state index contributed by atoms with van der Waals surface area (Å²) >= 11 is 12.5. The fourth-order valence-corrected chi connectivity index (χ4v) is 4.71. The van der Waals surface area contributed by atoms with Crippen LogP contribution >= 0.6 is 23.2 Å². The van der Waals surface area contributed by atoms with E-state index in [1.165, 1.54) is 17.5 Å². The van der Waals surface area contributed by atoms with Crippen molar-refractivity contribution in [2.45, 2.75) is 51.7 Å². The van der Waals surface area contributed by atoms with Gasteiger partial charge < -0.3 is 10.1 Å². The van der Waals surface area contributed by atoms with Gasteiger partial charge in [0.15, 0.2) is 0 Å². The lowest BCUT2D eigenvalue weighted by atomic mass is 9.68. The summed E-state index contributed by atoms with van der Waals surface area (Å²) in [6.45, 7) is 7.34. The van der Waals surface area contributed by atoms with Crippen LogP contribution in [0.25, 0.3) is 0 Å². The van der Waals surface area contributed by atoms with E-state index in [-0.39, 0.29) is 11.0 Å². The van der Waals surface area contributed by atoms with Crippen LogP contribution in [0.5, 0.6) is 0 Å². The maximum atomic E-state index is 6.48. The fourth-order valence-electron chi connectivity index (χ4n) is 4.38. The molecule has 0 unspecified atom stereocenters. The first-order valence-corrected chi connectivity index (χ1v) is 10.6. The molecule has 2 nitrogen and oxygen atoms in total. The van der Waals surface area contributed by atoms with Crippen LogP contribution in [0.4, 0.5) is 0 Å². The van der Waals surface area contributed by atoms with Crippen molar-refractivity contribution in [1.82, 2.24) is 0 Å². The zero-order chi connectivity index (χ0) is 19.3. The molecule has 0 spiro atoms. The molecule has 1 fully saturated rings. The van der Waals surface area contributed by atoms with Crippen LogP contribution in [0, 0.1) is 5.41 Å². The molecule has 2 N–H and O–H groups in total. The van der Waals surface area contributed by atoms with Crippen LogP contribution in [0.3, 0.4) is 0 Å². The zero-order valence-corrected chi connectivity index (χ0v) is 17.8. The van der Waals surface area contributed by atoms with E-state index in [0.717, 1.165) is 49.0 Å². The quantitative estimate of drug-likeness (QED) is 0.622. The number of halogens is 2. The van der Waals surface area contributed by atoms with Crippen molar-refractivity contribution in [1.29, 1.82) is 0 Å². The van der Waals surface area contributed by atoms with Crippen LogP contribution < -0.4 is 5.32 Å². The molecule has 0 amide bonds. The van der Waals surface area contributed by atoms with Gasteiger partial charge in [-0.25, -0.2) is 0 Å². The molecular formula is C23H30Cl2NO+. The number of rotatable bonds is 7. The van der Waals surface area contributed by atoms with Crippen molar-refractivity contribution in [3.63, 3.8) is 0 Å². The number of quaternary nitrogens is 1. The zero-order valence-electron chi connectivity index (χ0n) is 16.3. The lowest BCUT2D eigenvalue weighted by Crippen LogP contribution is -2.83. The highest BCUT2D eigenvalue weighted by Gasteiger charge is 2.41. The molecule has 2 aromatic rings. The smallest absolute Gasteiger partial charge is 0.101 e. The third-order valence-corrected chi connectivity index (χ3v) is 6.24. The van der Waals surface area contributed by atoms with Crippen molar-refractivity contribution in [3.8, 4) is 0 Å². The van der Waals surface area contributed by atoms with Crippen LogP contribution in [0.1, 0.15) is 44.2 Å². The number of hydrogen-bond donors (Lipinski definition) is 1. The van der Waals surface area contributed by atoms with Crippen molar-refractivity contribution in [2.75, 3.05) is 13.2 Å². The average Bonchev–Trinajstić information content (AvgIpc) is 2.62. The molecule has 0 aromatic heterocycles. The molecule has 146 valence electrons. The van der Waals surface area contributed by atoms with Crippen molar-refractivity contribution in [3.05, 3.63) is 69.7 Å². The van der Waals surface area contributed by atoms with E-state index < -0.39 is 0 Å². The summed E-state index contributed by atoms with van der Waals surface area (Å²) in [7, 11) is 0. The van der Waals surface area contributed by atoms with Gasteiger partial charge in [0.2, 0.25) is 0 Å². The average molecular weight is 407 g/mol. The molecule has 1 saturated heterocycles. The van der Waals surface area contributed by atoms with Gasteiger partial charge in [0.25, 0.3) is 0 Å². The first kappa shape index (κ1) is 20.7. The predicted octanol–water partition coefficient (Wildman–Crippen LogP) is 5.27. The highest BCUT2D eigenvalue weighted by molar-refractivity contribution is 6.31. The number of nitrogens with two attached hydrogens (primary N) is 1. The topological polar surface area (TPSA) is 25.8 Å². The van der Waals surface area contributed by atoms with Gasteiger partial charge >= 0.3 is 0 Å². The Labute approximate surface area is 173 Å². The molecule has 0 saturated carbocycles. The molecular weight excluding hydrogens is 377 g/mol. The number of benzene rings is 2. The van der Waals surface area contributed by atoms with Gasteiger partial charge in [-0.3, -0.25) is 0 Å². The summed E-state index contributed by atoms with van der Waals surface area (Å²) in [6, 6.07) is 16.4. The van der Waals surface area contributed by atoms with Crippen molar-refractivity contribution in [2.24, 2.45) is 5.41 Å². The van der Waals surface area contributed by atoms with Crippen molar-refractivity contribution < 1.29 is 10.1 Å². The fraction of sp³-hybridized carbons (Fsp3) is 0.478. The summed E-state index contributed by atoms with van der Waals surface area (Å²) in [6.07, 6.45) is 4.35. The third kappa shape index (κ3) is 5.96. The van der Waals surface area contributed by atoms with E-state index >= 15 is 0 Å². The monoisotopic (exact) mass is 406 g/mol. The van der Waals surface area contributed by atoms with E-state index in [0.29, 0.717) is 0 Å². The highest BCUT2D eigenvalue weighted by atomic mass is 35.5. The Balaban J connectivity index is 1.65. The van der Waals surface area contributed by atoms with Gasteiger partial charge in [-0.15, -0.1) is 0 Å². The van der Waals surface area contributed by atoms with Gasteiger partial charge in [0, 0.05) is 28.6 Å². The largest absolute Gasteiger partial charge is 0.376 e. The Morgan fingerprint density at radius 2 is 1.78 bits per heavy atom. The summed E-state index contributed by atoms with van der Waals surface area (Å²) in [5, 5.41) is 4.08. The van der Waals surface area contributed by atoms with E-state index in [2.05, 4.69) is 43.4 Å². The van der Waals surface area contributed by atoms with Crippen LogP contribution in [-0.2, 0) is 17.7 Å². The van der Waals surface area contributed by atoms with Crippen LogP contribution in [-0.4, -0.2) is 18.8 Å². The molecule has 1 aliphatic rings. The highest BCUT2D eigenvalue weighted by Crippen LogP contribution is 2.44. The minimum Gasteiger partial charge on any atom is -0.376 e. The van der Waals surface area contributed by atoms with Gasteiger partial charge in [-0.05, 0) is 62.3 Å². The molecule has 0 radical (unpaired) electrons. The van der Waals surface area contributed by atoms with Crippen LogP contribution in [0.15, 0.2) is 48.5 Å². The van der Waals surface area contributed by atoms with Gasteiger partial charge in [0.05, 0.1) is 12.1 Å². The minimum absolute atomic E-state index is 0.0737. The Morgan fingerprint density at radius 3 is 2.48 bits per heavy atom. The first-order chi connectivity index (χ1) is 12.9. The number of hydrogen-bond acceptors (Lipinski definition) is 1. The maximum Gasteiger partial charge on any atom is 0.101 e. The van der Waals surface area contributed by atoms with E-state index in [1.54, 1.807) is 0 Å². The molecule has 27 heavy (non-hydrogen) atoms.